The van der Waals surface area contributed by atoms with Crippen LogP contribution in [0.4, 0.5) is 17.1 Å². The van der Waals surface area contributed by atoms with E-state index in [0.29, 0.717) is 0 Å². The molecule has 0 fully saturated rings. The largest absolute Gasteiger partial charge is 0.455 e. The quantitative estimate of drug-likeness (QED) is 0.180. The molecule has 0 saturated carbocycles. The van der Waals surface area contributed by atoms with Gasteiger partial charge in [0.25, 0.3) is 0 Å². The Balaban J connectivity index is 1.15. The van der Waals surface area contributed by atoms with Crippen molar-refractivity contribution < 1.29 is 4.42 Å². The van der Waals surface area contributed by atoms with Crippen molar-refractivity contribution in [2.45, 2.75) is 0 Å². The molecule has 12 rings (SSSR count). The van der Waals surface area contributed by atoms with Crippen molar-refractivity contribution in [2.24, 2.45) is 0 Å². The first-order valence-electron chi connectivity index (χ1n) is 18.2. The van der Waals surface area contributed by atoms with E-state index in [2.05, 4.69) is 181 Å². The number of furan rings is 1. The Morgan fingerprint density at radius 2 is 1.00 bits per heavy atom. The zero-order chi connectivity index (χ0) is 35.3. The predicted molar refractivity (Wildman–Crippen MR) is 235 cm³/mol. The number of nitrogens with zero attached hydrogens (tertiary/aromatic N) is 1. The summed E-state index contributed by atoms with van der Waals surface area (Å²) in [7, 11) is 0. The van der Waals surface area contributed by atoms with Crippen molar-refractivity contribution in [1.82, 2.24) is 0 Å². The van der Waals surface area contributed by atoms with E-state index < -0.39 is 0 Å². The highest BCUT2D eigenvalue weighted by Gasteiger charge is 2.24. The SMILES string of the molecule is c1ccc2cc(-c3ccc(N(c4cccc5sc6ccccc6c45)c4cccc5sc6ccc7oc8c9ccccc9ccc8c7c6c45)cc3)ccc2c1. The highest BCUT2D eigenvalue weighted by Crippen LogP contribution is 2.51. The molecule has 0 atom stereocenters. The van der Waals surface area contributed by atoms with Crippen molar-refractivity contribution >= 4 is 124 Å². The monoisotopic (exact) mass is 723 g/mol. The molecule has 2 nitrogen and oxygen atoms in total. The van der Waals surface area contributed by atoms with Crippen LogP contribution in [-0.4, -0.2) is 0 Å². The van der Waals surface area contributed by atoms with Crippen LogP contribution in [-0.2, 0) is 0 Å². The van der Waals surface area contributed by atoms with Gasteiger partial charge in [-0.15, -0.1) is 22.7 Å². The van der Waals surface area contributed by atoms with Crippen molar-refractivity contribution in [3.63, 3.8) is 0 Å². The van der Waals surface area contributed by atoms with E-state index in [1.807, 2.05) is 22.7 Å². The van der Waals surface area contributed by atoms with Gasteiger partial charge < -0.3 is 9.32 Å². The van der Waals surface area contributed by atoms with Gasteiger partial charge >= 0.3 is 0 Å². The van der Waals surface area contributed by atoms with E-state index in [1.165, 1.54) is 78.7 Å². The molecule has 4 heteroatoms. The molecule has 0 amide bonds. The molecule has 0 radical (unpaired) electrons. The standard InChI is InChI=1S/C50H29NOS2/c1-2-11-33-29-34(20-19-30(33)9-1)31-21-24-35(25-22-31)51(39-14-7-17-43-46(39)37-13-5-6-16-42(37)53-43)40-15-8-18-44-48(40)49-45(54-44)28-27-41-47(49)38-26-23-32-10-3-4-12-36(32)50(38)52-41/h1-29H. The fourth-order valence-corrected chi connectivity index (χ4v) is 10.9. The highest BCUT2D eigenvalue weighted by atomic mass is 32.1. The highest BCUT2D eigenvalue weighted by molar-refractivity contribution is 7.26. The summed E-state index contributed by atoms with van der Waals surface area (Å²) in [5.41, 5.74) is 7.72. The molecule has 3 aromatic heterocycles. The fourth-order valence-electron chi connectivity index (χ4n) is 8.59. The molecular weight excluding hydrogens is 695 g/mol. The van der Waals surface area contributed by atoms with Gasteiger partial charge in [0.15, 0.2) is 0 Å². The van der Waals surface area contributed by atoms with E-state index >= 15 is 0 Å². The van der Waals surface area contributed by atoms with Crippen LogP contribution >= 0.6 is 22.7 Å². The Bertz CT molecular complexity index is 3460. The minimum atomic E-state index is 0.917. The third-order valence-electron chi connectivity index (χ3n) is 11.0. The molecule has 252 valence electrons. The number of benzene rings is 9. The maximum Gasteiger partial charge on any atom is 0.143 e. The molecule has 0 aliphatic heterocycles. The van der Waals surface area contributed by atoms with Gasteiger partial charge in [0.1, 0.15) is 11.2 Å². The van der Waals surface area contributed by atoms with E-state index in [9.17, 15) is 0 Å². The van der Waals surface area contributed by atoms with Crippen LogP contribution in [0.15, 0.2) is 180 Å². The van der Waals surface area contributed by atoms with Gasteiger partial charge in [0, 0.05) is 62.2 Å². The van der Waals surface area contributed by atoms with Crippen molar-refractivity contribution in [2.75, 3.05) is 4.90 Å². The van der Waals surface area contributed by atoms with Crippen molar-refractivity contribution in [3.8, 4) is 11.1 Å². The number of anilines is 3. The molecular formula is C50H29NOS2. The second-order valence-corrected chi connectivity index (χ2v) is 16.2. The molecule has 12 aromatic rings. The summed E-state index contributed by atoms with van der Waals surface area (Å²) < 4.78 is 11.8. The van der Waals surface area contributed by atoms with Gasteiger partial charge in [0.05, 0.1) is 11.4 Å². The third-order valence-corrected chi connectivity index (χ3v) is 13.3. The predicted octanol–water partition coefficient (Wildman–Crippen LogP) is 15.8. The van der Waals surface area contributed by atoms with Gasteiger partial charge in [-0.3, -0.25) is 0 Å². The summed E-state index contributed by atoms with van der Waals surface area (Å²) in [6.45, 7) is 0. The Morgan fingerprint density at radius 1 is 0.370 bits per heavy atom. The van der Waals surface area contributed by atoms with Crippen LogP contribution in [0.25, 0.3) is 95.0 Å². The summed E-state index contributed by atoms with van der Waals surface area (Å²) in [5.74, 6) is 0. The first kappa shape index (κ1) is 30.0. The smallest absolute Gasteiger partial charge is 0.143 e. The number of rotatable bonds is 4. The van der Waals surface area contributed by atoms with Gasteiger partial charge in [-0.2, -0.15) is 0 Å². The van der Waals surface area contributed by atoms with Gasteiger partial charge in [-0.1, -0.05) is 109 Å². The molecule has 0 saturated heterocycles. The lowest BCUT2D eigenvalue weighted by Crippen LogP contribution is -2.10. The van der Waals surface area contributed by atoms with Crippen LogP contribution in [0.1, 0.15) is 0 Å². The normalized spacial score (nSPS) is 12.1. The minimum Gasteiger partial charge on any atom is -0.455 e. The molecule has 3 heterocycles. The van der Waals surface area contributed by atoms with E-state index in [-0.39, 0.29) is 0 Å². The molecule has 0 spiro atoms. The first-order chi connectivity index (χ1) is 26.8. The van der Waals surface area contributed by atoms with Crippen LogP contribution in [0.5, 0.6) is 0 Å². The van der Waals surface area contributed by atoms with Crippen LogP contribution in [0, 0.1) is 0 Å². The van der Waals surface area contributed by atoms with Crippen LogP contribution in [0.3, 0.4) is 0 Å². The molecule has 9 aromatic carbocycles. The summed E-state index contributed by atoms with van der Waals surface area (Å²) >= 11 is 3.72. The maximum absolute atomic E-state index is 6.73. The topological polar surface area (TPSA) is 16.4 Å². The lowest BCUT2D eigenvalue weighted by atomic mass is 9.99. The number of fused-ring (bicyclic) bond motifs is 13. The molecule has 0 aliphatic rings. The van der Waals surface area contributed by atoms with E-state index in [4.69, 9.17) is 4.42 Å². The summed E-state index contributed by atoms with van der Waals surface area (Å²) in [4.78, 5) is 2.50. The third kappa shape index (κ3) is 4.38. The minimum absolute atomic E-state index is 0.917. The van der Waals surface area contributed by atoms with Crippen molar-refractivity contribution in [1.29, 1.82) is 0 Å². The summed E-state index contributed by atoms with van der Waals surface area (Å²) in [6.07, 6.45) is 0. The molecule has 0 aliphatic carbocycles. The van der Waals surface area contributed by atoms with E-state index in [0.717, 1.165) is 33.3 Å². The zero-order valence-corrected chi connectivity index (χ0v) is 30.5. The first-order valence-corrected chi connectivity index (χ1v) is 19.9. The Kier molecular flexibility index (Phi) is 6.41. The Hall–Kier alpha value is -6.46. The van der Waals surface area contributed by atoms with Crippen molar-refractivity contribution in [3.05, 3.63) is 176 Å². The molecule has 0 N–H and O–H groups in total. The molecule has 0 unspecified atom stereocenters. The van der Waals surface area contributed by atoms with Crippen LogP contribution < -0.4 is 4.90 Å². The van der Waals surface area contributed by atoms with Gasteiger partial charge in [0.2, 0.25) is 0 Å². The lowest BCUT2D eigenvalue weighted by molar-refractivity contribution is 0.673. The number of hydrogen-bond acceptors (Lipinski definition) is 4. The maximum atomic E-state index is 6.73. The van der Waals surface area contributed by atoms with Gasteiger partial charge in [-0.25, -0.2) is 0 Å². The van der Waals surface area contributed by atoms with E-state index in [1.54, 1.807) is 0 Å². The number of thiophene rings is 2. The fraction of sp³-hybridized carbons (Fsp3) is 0. The Labute approximate surface area is 318 Å². The molecule has 54 heavy (non-hydrogen) atoms. The van der Waals surface area contributed by atoms with Crippen LogP contribution in [0.2, 0.25) is 0 Å². The average molecular weight is 724 g/mol. The Morgan fingerprint density at radius 3 is 1.85 bits per heavy atom. The summed E-state index contributed by atoms with van der Waals surface area (Å²) in [5, 5.41) is 12.2. The second-order valence-electron chi connectivity index (χ2n) is 14.0. The molecule has 0 bridgehead atoms. The van der Waals surface area contributed by atoms with Gasteiger partial charge in [-0.05, 0) is 94.0 Å². The summed E-state index contributed by atoms with van der Waals surface area (Å²) in [6, 6.07) is 64.2. The average Bonchev–Trinajstić information content (AvgIpc) is 3.93. The number of hydrogen-bond donors (Lipinski definition) is 0. The second kappa shape index (κ2) is 11.5. The lowest BCUT2D eigenvalue weighted by Gasteiger charge is -2.27. The zero-order valence-electron chi connectivity index (χ0n) is 28.9.